The zero-order valence-electron chi connectivity index (χ0n) is 13.9. The van der Waals surface area contributed by atoms with Gasteiger partial charge in [0.05, 0.1) is 20.8 Å². The van der Waals surface area contributed by atoms with Gasteiger partial charge in [-0.3, -0.25) is 4.79 Å². The molecule has 9 heteroatoms. The molecule has 1 saturated carbocycles. The first-order valence-electron chi connectivity index (χ1n) is 7.91. The lowest BCUT2D eigenvalue weighted by Crippen LogP contribution is -2.24. The Labute approximate surface area is 147 Å². The van der Waals surface area contributed by atoms with Crippen LogP contribution in [0.5, 0.6) is 11.5 Å². The fourth-order valence-corrected chi connectivity index (χ4v) is 3.44. The van der Waals surface area contributed by atoms with E-state index in [4.69, 9.17) is 9.47 Å². The van der Waals surface area contributed by atoms with Crippen molar-refractivity contribution in [3.63, 3.8) is 0 Å². The molecule has 1 aromatic carbocycles. The predicted octanol–water partition coefficient (Wildman–Crippen LogP) is 2.01. The summed E-state index contributed by atoms with van der Waals surface area (Å²) in [6.07, 6.45) is 2.27. The van der Waals surface area contributed by atoms with Gasteiger partial charge in [0.25, 0.3) is 5.91 Å². The lowest BCUT2D eigenvalue weighted by Gasteiger charge is -2.12. The van der Waals surface area contributed by atoms with Crippen LogP contribution in [0.15, 0.2) is 18.2 Å². The SMILES string of the molecule is COc1cccc(OC)c1C(=O)NCc1nn2c(C3CC3)nnc2s1. The second-order valence-corrected chi connectivity index (χ2v) is 6.78. The summed E-state index contributed by atoms with van der Waals surface area (Å²) in [5, 5.41) is 16.5. The fourth-order valence-electron chi connectivity index (χ4n) is 2.66. The third-order valence-electron chi connectivity index (χ3n) is 4.05. The van der Waals surface area contributed by atoms with Gasteiger partial charge in [-0.1, -0.05) is 17.4 Å². The fraction of sp³-hybridized carbons (Fsp3) is 0.375. The summed E-state index contributed by atoms with van der Waals surface area (Å²) in [5.74, 6) is 2.03. The number of nitrogens with one attached hydrogen (secondary N) is 1. The maximum absolute atomic E-state index is 12.6. The van der Waals surface area contributed by atoms with E-state index in [1.165, 1.54) is 25.6 Å². The van der Waals surface area contributed by atoms with Crippen LogP contribution in [0.3, 0.4) is 0 Å². The van der Waals surface area contributed by atoms with E-state index >= 15 is 0 Å². The van der Waals surface area contributed by atoms with Gasteiger partial charge in [-0.25, -0.2) is 0 Å². The van der Waals surface area contributed by atoms with E-state index in [2.05, 4.69) is 20.6 Å². The molecule has 0 saturated heterocycles. The highest BCUT2D eigenvalue weighted by atomic mass is 32.1. The number of nitrogens with zero attached hydrogens (tertiary/aromatic N) is 4. The molecule has 3 aromatic rings. The van der Waals surface area contributed by atoms with Crippen molar-refractivity contribution in [2.24, 2.45) is 0 Å². The van der Waals surface area contributed by atoms with Gasteiger partial charge in [0.15, 0.2) is 5.82 Å². The molecule has 1 N–H and O–H groups in total. The number of carbonyl (C=O) groups excluding carboxylic acids is 1. The van der Waals surface area contributed by atoms with Crippen molar-refractivity contribution in [1.29, 1.82) is 0 Å². The van der Waals surface area contributed by atoms with E-state index in [1.54, 1.807) is 22.7 Å². The molecule has 2 aromatic heterocycles. The molecule has 2 heterocycles. The van der Waals surface area contributed by atoms with Crippen LogP contribution >= 0.6 is 11.3 Å². The van der Waals surface area contributed by atoms with Crippen LogP contribution in [0.1, 0.15) is 39.9 Å². The maximum Gasteiger partial charge on any atom is 0.259 e. The van der Waals surface area contributed by atoms with E-state index in [9.17, 15) is 4.79 Å². The Morgan fingerprint density at radius 1 is 1.28 bits per heavy atom. The summed E-state index contributed by atoms with van der Waals surface area (Å²) in [6, 6.07) is 5.22. The lowest BCUT2D eigenvalue weighted by molar-refractivity contribution is 0.0944. The molecule has 0 bridgehead atoms. The van der Waals surface area contributed by atoms with Gasteiger partial charge in [-0.15, -0.1) is 10.2 Å². The van der Waals surface area contributed by atoms with Crippen LogP contribution in [0.4, 0.5) is 0 Å². The van der Waals surface area contributed by atoms with Gasteiger partial charge < -0.3 is 14.8 Å². The minimum Gasteiger partial charge on any atom is -0.496 e. The van der Waals surface area contributed by atoms with Crippen molar-refractivity contribution in [3.05, 3.63) is 34.6 Å². The molecule has 0 spiro atoms. The van der Waals surface area contributed by atoms with E-state index in [1.807, 2.05) is 0 Å². The Hall–Kier alpha value is -2.68. The van der Waals surface area contributed by atoms with Gasteiger partial charge in [-0.2, -0.15) is 9.61 Å². The van der Waals surface area contributed by atoms with Gasteiger partial charge in [0.2, 0.25) is 4.96 Å². The molecule has 4 rings (SSSR count). The molecule has 1 aliphatic carbocycles. The average molecular weight is 359 g/mol. The molecule has 8 nitrogen and oxygen atoms in total. The normalized spacial score (nSPS) is 13.8. The summed E-state index contributed by atoms with van der Waals surface area (Å²) in [6.45, 7) is 0.304. The Morgan fingerprint density at radius 2 is 2.00 bits per heavy atom. The van der Waals surface area contributed by atoms with Crippen molar-refractivity contribution in [2.45, 2.75) is 25.3 Å². The molecule has 25 heavy (non-hydrogen) atoms. The van der Waals surface area contributed by atoms with Gasteiger partial charge in [-0.05, 0) is 25.0 Å². The molecule has 1 aliphatic rings. The van der Waals surface area contributed by atoms with E-state index in [-0.39, 0.29) is 5.91 Å². The van der Waals surface area contributed by atoms with Crippen molar-refractivity contribution < 1.29 is 14.3 Å². The van der Waals surface area contributed by atoms with Crippen LogP contribution in [0.25, 0.3) is 4.96 Å². The van der Waals surface area contributed by atoms with Crippen molar-refractivity contribution in [2.75, 3.05) is 14.2 Å². The standard InChI is InChI=1S/C16H17N5O3S/c1-23-10-4-3-5-11(24-2)13(10)15(22)17-8-12-20-21-14(9-6-7-9)18-19-16(21)25-12/h3-5,9H,6-8H2,1-2H3,(H,17,22). The highest BCUT2D eigenvalue weighted by Gasteiger charge is 2.30. The first-order chi connectivity index (χ1) is 12.2. The number of benzene rings is 1. The summed E-state index contributed by atoms with van der Waals surface area (Å²) in [4.78, 5) is 13.3. The predicted molar refractivity (Wildman–Crippen MR) is 91.4 cm³/mol. The highest BCUT2D eigenvalue weighted by Crippen LogP contribution is 2.39. The number of hydrogen-bond donors (Lipinski definition) is 1. The average Bonchev–Trinajstić information content (AvgIpc) is 3.28. The molecule has 1 amide bonds. The quantitative estimate of drug-likeness (QED) is 0.724. The zero-order chi connectivity index (χ0) is 17.4. The van der Waals surface area contributed by atoms with E-state index in [0.717, 1.165) is 28.6 Å². The summed E-state index contributed by atoms with van der Waals surface area (Å²) >= 11 is 1.42. The number of amides is 1. The lowest BCUT2D eigenvalue weighted by atomic mass is 10.1. The van der Waals surface area contributed by atoms with Crippen molar-refractivity contribution in [1.82, 2.24) is 25.1 Å². The molecule has 0 atom stereocenters. The van der Waals surface area contributed by atoms with Gasteiger partial charge in [0, 0.05) is 5.92 Å². The van der Waals surface area contributed by atoms with Crippen molar-refractivity contribution in [3.8, 4) is 11.5 Å². The number of hydrogen-bond acceptors (Lipinski definition) is 7. The smallest absolute Gasteiger partial charge is 0.259 e. The maximum atomic E-state index is 12.6. The van der Waals surface area contributed by atoms with Gasteiger partial charge >= 0.3 is 0 Å². The number of rotatable bonds is 6. The van der Waals surface area contributed by atoms with E-state index < -0.39 is 0 Å². The van der Waals surface area contributed by atoms with Crippen LogP contribution in [-0.4, -0.2) is 39.9 Å². The molecule has 1 fully saturated rings. The first kappa shape index (κ1) is 15.8. The van der Waals surface area contributed by atoms with Crippen LogP contribution in [-0.2, 0) is 6.54 Å². The second kappa shape index (κ2) is 6.32. The summed E-state index contributed by atoms with van der Waals surface area (Å²) in [7, 11) is 3.04. The third kappa shape index (κ3) is 2.91. The van der Waals surface area contributed by atoms with Crippen LogP contribution < -0.4 is 14.8 Å². The molecule has 130 valence electrons. The Balaban J connectivity index is 1.52. The van der Waals surface area contributed by atoms with Crippen molar-refractivity contribution >= 4 is 22.2 Å². The minimum atomic E-state index is -0.275. The largest absolute Gasteiger partial charge is 0.496 e. The topological polar surface area (TPSA) is 90.6 Å². The number of methoxy groups -OCH3 is 2. The number of fused-ring (bicyclic) bond motifs is 1. The monoisotopic (exact) mass is 359 g/mol. The minimum absolute atomic E-state index is 0.275. The zero-order valence-corrected chi connectivity index (χ0v) is 14.7. The molecule has 0 unspecified atom stereocenters. The van der Waals surface area contributed by atoms with Gasteiger partial charge in [0.1, 0.15) is 22.1 Å². The number of aromatic nitrogens is 4. The number of carbonyl (C=O) groups is 1. The third-order valence-corrected chi connectivity index (χ3v) is 4.95. The summed E-state index contributed by atoms with van der Waals surface area (Å²) < 4.78 is 12.3. The Morgan fingerprint density at radius 3 is 2.64 bits per heavy atom. The first-order valence-corrected chi connectivity index (χ1v) is 8.73. The number of ether oxygens (including phenoxy) is 2. The van der Waals surface area contributed by atoms with E-state index in [0.29, 0.717) is 29.5 Å². The summed E-state index contributed by atoms with van der Waals surface area (Å²) in [5.41, 5.74) is 0.370. The Bertz CT molecular complexity index is 909. The molecular weight excluding hydrogens is 342 g/mol. The second-order valence-electron chi connectivity index (χ2n) is 5.74. The molecule has 0 aliphatic heterocycles. The highest BCUT2D eigenvalue weighted by molar-refractivity contribution is 7.16. The molecule has 0 radical (unpaired) electrons. The van der Waals surface area contributed by atoms with Crippen LogP contribution in [0, 0.1) is 0 Å². The molecular formula is C16H17N5O3S. The van der Waals surface area contributed by atoms with Crippen LogP contribution in [0.2, 0.25) is 0 Å². The Kier molecular flexibility index (Phi) is 4.00.